The van der Waals surface area contributed by atoms with Crippen molar-refractivity contribution in [3.63, 3.8) is 0 Å². The lowest BCUT2D eigenvalue weighted by molar-refractivity contribution is 0.0799. The standard InChI is InChI=1S/C19H22N2O4S/c1-4-20(2)19(22)16-13-15(9-10-18(16)25-3)26(23,24)21-12-11-14-7-5-6-8-17(14)21/h5-10,13H,4,11-12H2,1-3H3. The van der Waals surface area contributed by atoms with Gasteiger partial charge < -0.3 is 9.64 Å². The maximum atomic E-state index is 13.2. The van der Waals surface area contributed by atoms with Crippen LogP contribution in [0.1, 0.15) is 22.8 Å². The molecule has 0 aromatic heterocycles. The van der Waals surface area contributed by atoms with E-state index >= 15 is 0 Å². The molecule has 1 aliphatic rings. The van der Waals surface area contributed by atoms with Crippen molar-refractivity contribution in [1.29, 1.82) is 0 Å². The van der Waals surface area contributed by atoms with Gasteiger partial charge in [-0.05, 0) is 43.2 Å². The Labute approximate surface area is 154 Å². The third-order valence-electron chi connectivity index (χ3n) is 4.65. The van der Waals surface area contributed by atoms with Gasteiger partial charge in [0.05, 0.1) is 23.3 Å². The van der Waals surface area contributed by atoms with Gasteiger partial charge in [0.2, 0.25) is 0 Å². The Balaban J connectivity index is 2.05. The number of hydrogen-bond donors (Lipinski definition) is 0. The molecule has 3 rings (SSSR count). The monoisotopic (exact) mass is 374 g/mol. The van der Waals surface area contributed by atoms with E-state index in [9.17, 15) is 13.2 Å². The van der Waals surface area contributed by atoms with E-state index in [1.807, 2.05) is 25.1 Å². The number of rotatable bonds is 5. The summed E-state index contributed by atoms with van der Waals surface area (Å²) in [6, 6.07) is 11.9. The normalized spacial score (nSPS) is 13.4. The van der Waals surface area contributed by atoms with Crippen LogP contribution in [0.3, 0.4) is 0 Å². The summed E-state index contributed by atoms with van der Waals surface area (Å²) in [5, 5.41) is 0. The second kappa shape index (κ2) is 6.99. The number of para-hydroxylation sites is 1. The van der Waals surface area contributed by atoms with Crippen LogP contribution >= 0.6 is 0 Å². The molecule has 2 aromatic carbocycles. The Morgan fingerprint density at radius 2 is 1.96 bits per heavy atom. The van der Waals surface area contributed by atoms with Crippen LogP contribution in [0.25, 0.3) is 0 Å². The van der Waals surface area contributed by atoms with Gasteiger partial charge in [-0.25, -0.2) is 8.42 Å². The lowest BCUT2D eigenvalue weighted by Crippen LogP contribution is -2.30. The molecule has 0 spiro atoms. The van der Waals surface area contributed by atoms with Crippen molar-refractivity contribution in [3.05, 3.63) is 53.6 Å². The van der Waals surface area contributed by atoms with Gasteiger partial charge in [0.15, 0.2) is 0 Å². The number of amides is 1. The second-order valence-corrected chi connectivity index (χ2v) is 8.00. The molecule has 26 heavy (non-hydrogen) atoms. The number of hydrogen-bond acceptors (Lipinski definition) is 4. The van der Waals surface area contributed by atoms with Gasteiger partial charge in [0, 0.05) is 20.1 Å². The molecular formula is C19H22N2O4S. The van der Waals surface area contributed by atoms with E-state index < -0.39 is 10.0 Å². The fourth-order valence-corrected chi connectivity index (χ4v) is 4.58. The van der Waals surface area contributed by atoms with E-state index in [4.69, 9.17) is 4.74 Å². The molecule has 0 bridgehead atoms. The number of methoxy groups -OCH3 is 1. The predicted octanol–water partition coefficient (Wildman–Crippen LogP) is 2.54. The van der Waals surface area contributed by atoms with Crippen LogP contribution < -0.4 is 9.04 Å². The largest absolute Gasteiger partial charge is 0.496 e. The van der Waals surface area contributed by atoms with Crippen molar-refractivity contribution in [2.24, 2.45) is 0 Å². The zero-order valence-corrected chi connectivity index (χ0v) is 15.9. The number of anilines is 1. The smallest absolute Gasteiger partial charge is 0.264 e. The molecule has 2 aromatic rings. The van der Waals surface area contributed by atoms with Crippen molar-refractivity contribution in [2.45, 2.75) is 18.2 Å². The van der Waals surface area contributed by atoms with Gasteiger partial charge >= 0.3 is 0 Å². The van der Waals surface area contributed by atoms with Gasteiger partial charge in [-0.3, -0.25) is 9.10 Å². The van der Waals surface area contributed by atoms with Crippen LogP contribution in [-0.4, -0.2) is 46.5 Å². The molecule has 0 fully saturated rings. The van der Waals surface area contributed by atoms with Gasteiger partial charge in [0.25, 0.3) is 15.9 Å². The number of carbonyl (C=O) groups excluding carboxylic acids is 1. The van der Waals surface area contributed by atoms with E-state index in [0.29, 0.717) is 30.9 Å². The highest BCUT2D eigenvalue weighted by Gasteiger charge is 2.31. The maximum Gasteiger partial charge on any atom is 0.264 e. The van der Waals surface area contributed by atoms with E-state index in [1.54, 1.807) is 13.1 Å². The molecule has 0 unspecified atom stereocenters. The van der Waals surface area contributed by atoms with Crippen LogP contribution in [0.15, 0.2) is 47.4 Å². The first kappa shape index (κ1) is 18.3. The summed E-state index contributed by atoms with van der Waals surface area (Å²) in [4.78, 5) is 14.2. The molecule has 1 heterocycles. The van der Waals surface area contributed by atoms with E-state index in [0.717, 1.165) is 5.56 Å². The summed E-state index contributed by atoms with van der Waals surface area (Å²) in [6.45, 7) is 2.76. The number of nitrogens with zero attached hydrogens (tertiary/aromatic N) is 2. The molecule has 0 radical (unpaired) electrons. The molecule has 0 aliphatic carbocycles. The summed E-state index contributed by atoms with van der Waals surface area (Å²) >= 11 is 0. The maximum absolute atomic E-state index is 13.2. The second-order valence-electron chi connectivity index (χ2n) is 6.14. The lowest BCUT2D eigenvalue weighted by Gasteiger charge is -2.21. The minimum atomic E-state index is -3.76. The van der Waals surface area contributed by atoms with E-state index in [1.165, 1.54) is 34.5 Å². The minimum Gasteiger partial charge on any atom is -0.496 e. The summed E-state index contributed by atoms with van der Waals surface area (Å²) in [5.41, 5.74) is 1.94. The van der Waals surface area contributed by atoms with Crippen LogP contribution in [0.5, 0.6) is 5.75 Å². The van der Waals surface area contributed by atoms with Crippen molar-refractivity contribution < 1.29 is 17.9 Å². The van der Waals surface area contributed by atoms with Crippen LogP contribution in [0.2, 0.25) is 0 Å². The first-order valence-electron chi connectivity index (χ1n) is 8.44. The zero-order chi connectivity index (χ0) is 18.9. The fraction of sp³-hybridized carbons (Fsp3) is 0.316. The van der Waals surface area contributed by atoms with Gasteiger partial charge in [-0.15, -0.1) is 0 Å². The molecule has 138 valence electrons. The highest BCUT2D eigenvalue weighted by atomic mass is 32.2. The fourth-order valence-electron chi connectivity index (χ4n) is 3.05. The van der Waals surface area contributed by atoms with Crippen molar-refractivity contribution in [2.75, 3.05) is 31.6 Å². The number of carbonyl (C=O) groups is 1. The van der Waals surface area contributed by atoms with Gasteiger partial charge in [-0.1, -0.05) is 18.2 Å². The third-order valence-corrected chi connectivity index (χ3v) is 6.46. The Kier molecular flexibility index (Phi) is 4.91. The van der Waals surface area contributed by atoms with Crippen LogP contribution in [0, 0.1) is 0 Å². The Bertz CT molecular complexity index is 940. The van der Waals surface area contributed by atoms with Crippen molar-refractivity contribution >= 4 is 21.6 Å². The molecule has 0 N–H and O–H groups in total. The molecular weight excluding hydrogens is 352 g/mol. The average Bonchev–Trinajstić information content (AvgIpc) is 3.11. The zero-order valence-electron chi connectivity index (χ0n) is 15.1. The highest BCUT2D eigenvalue weighted by molar-refractivity contribution is 7.92. The minimum absolute atomic E-state index is 0.0860. The lowest BCUT2D eigenvalue weighted by atomic mass is 10.2. The van der Waals surface area contributed by atoms with E-state index in [-0.39, 0.29) is 16.4 Å². The van der Waals surface area contributed by atoms with Crippen LogP contribution in [-0.2, 0) is 16.4 Å². The van der Waals surface area contributed by atoms with E-state index in [2.05, 4.69) is 0 Å². The van der Waals surface area contributed by atoms with Crippen molar-refractivity contribution in [1.82, 2.24) is 4.90 Å². The first-order valence-corrected chi connectivity index (χ1v) is 9.88. The number of sulfonamides is 1. The summed E-state index contributed by atoms with van der Waals surface area (Å²) < 4.78 is 33.0. The van der Waals surface area contributed by atoms with Gasteiger partial charge in [-0.2, -0.15) is 0 Å². The Morgan fingerprint density at radius 3 is 2.65 bits per heavy atom. The SMILES string of the molecule is CCN(C)C(=O)c1cc(S(=O)(=O)N2CCc3ccccc32)ccc1OC. The Hall–Kier alpha value is -2.54. The number of ether oxygens (including phenoxy) is 1. The summed E-state index contributed by atoms with van der Waals surface area (Å²) in [5.74, 6) is 0.0827. The third kappa shape index (κ3) is 3.03. The molecule has 1 aliphatic heterocycles. The molecule has 0 saturated carbocycles. The molecule has 6 nitrogen and oxygen atoms in total. The van der Waals surface area contributed by atoms with Gasteiger partial charge in [0.1, 0.15) is 5.75 Å². The number of fused-ring (bicyclic) bond motifs is 1. The van der Waals surface area contributed by atoms with Crippen molar-refractivity contribution in [3.8, 4) is 5.75 Å². The Morgan fingerprint density at radius 1 is 1.23 bits per heavy atom. The quantitative estimate of drug-likeness (QED) is 0.807. The number of benzene rings is 2. The highest BCUT2D eigenvalue weighted by Crippen LogP contribution is 2.34. The molecule has 7 heteroatoms. The molecule has 0 saturated heterocycles. The van der Waals surface area contributed by atoms with Crippen LogP contribution in [0.4, 0.5) is 5.69 Å². The topological polar surface area (TPSA) is 66.9 Å². The summed E-state index contributed by atoms with van der Waals surface area (Å²) in [6.07, 6.45) is 0.677. The molecule has 0 atom stereocenters. The summed E-state index contributed by atoms with van der Waals surface area (Å²) in [7, 11) is -0.631. The predicted molar refractivity (Wildman–Crippen MR) is 100 cm³/mol. The molecule has 1 amide bonds. The average molecular weight is 374 g/mol. The first-order chi connectivity index (χ1) is 12.4.